The van der Waals surface area contributed by atoms with Crippen LogP contribution in [-0.4, -0.2) is 193 Å². The lowest BCUT2D eigenvalue weighted by Gasteiger charge is -2.48. The summed E-state index contributed by atoms with van der Waals surface area (Å²) in [5, 5.41) is 121. The van der Waals surface area contributed by atoms with Gasteiger partial charge in [0, 0.05) is 6.42 Å². The molecule has 0 aromatic heterocycles. The van der Waals surface area contributed by atoms with Gasteiger partial charge in [-0.3, -0.25) is 4.79 Å². The van der Waals surface area contributed by atoms with E-state index in [1.807, 2.05) is 6.08 Å². The smallest absolute Gasteiger partial charge is 0.220 e. The van der Waals surface area contributed by atoms with Crippen molar-refractivity contribution < 1.29 is 89.4 Å². The summed E-state index contributed by atoms with van der Waals surface area (Å²) in [4.78, 5) is 13.4. The summed E-state index contributed by atoms with van der Waals surface area (Å²) >= 11 is 0. The number of nitrogens with one attached hydrogen (secondary N) is 1. The molecule has 3 aliphatic rings. The lowest BCUT2D eigenvalue weighted by molar-refractivity contribution is -0.379. The van der Waals surface area contributed by atoms with E-state index < -0.39 is 124 Å². The number of allylic oxidation sites excluding steroid dienone is 9. The van der Waals surface area contributed by atoms with Crippen molar-refractivity contribution in [3.05, 3.63) is 60.8 Å². The summed E-state index contributed by atoms with van der Waals surface area (Å²) < 4.78 is 34.4. The number of unbranched alkanes of at least 4 members (excludes halogenated alkanes) is 38. The molecule has 0 aliphatic carbocycles. The second-order valence-corrected chi connectivity index (χ2v) is 28.1. The van der Waals surface area contributed by atoms with Crippen molar-refractivity contribution >= 4 is 5.91 Å². The molecule has 12 N–H and O–H groups in total. The average molecular weight is 1400 g/mol. The van der Waals surface area contributed by atoms with Gasteiger partial charge in [0.25, 0.3) is 0 Å². The van der Waals surface area contributed by atoms with E-state index in [1.54, 1.807) is 6.08 Å². The van der Waals surface area contributed by atoms with E-state index in [9.17, 15) is 61.0 Å². The van der Waals surface area contributed by atoms with E-state index in [2.05, 4.69) is 67.8 Å². The number of amides is 1. The summed E-state index contributed by atoms with van der Waals surface area (Å²) in [6, 6.07) is -0.982. The molecule has 3 aliphatic heterocycles. The fourth-order valence-electron chi connectivity index (χ4n) is 13.2. The molecule has 98 heavy (non-hydrogen) atoms. The Morgan fingerprint density at radius 1 is 0.378 bits per heavy atom. The lowest BCUT2D eigenvalue weighted by Crippen LogP contribution is -2.66. The van der Waals surface area contributed by atoms with Gasteiger partial charge in [-0.15, -0.1) is 0 Å². The third kappa shape index (κ3) is 39.9. The summed E-state index contributed by atoms with van der Waals surface area (Å²) in [6.07, 6.45) is 49.2. The minimum absolute atomic E-state index is 0.232. The molecule has 3 fully saturated rings. The molecule has 0 saturated carbocycles. The molecule has 0 aromatic carbocycles. The van der Waals surface area contributed by atoms with E-state index >= 15 is 0 Å². The second kappa shape index (κ2) is 59.8. The third-order valence-corrected chi connectivity index (χ3v) is 19.6. The highest BCUT2D eigenvalue weighted by Crippen LogP contribution is 2.33. The zero-order chi connectivity index (χ0) is 71.1. The first-order chi connectivity index (χ1) is 47.8. The SMILES string of the molecule is CC/C=C\C/C=C\C/C=C\C/C=C\CCCCCCCCCCC(=O)NC(COC1OC(CO)C(OC2OC(CO)C(OC3OC(CO)C(O)C(O)C3O)C(O)C2O)C(O)C1O)C(O)/C=C/CCCCCCCCCCCCCCCCCCCCCCCCCCCCCCCC. The lowest BCUT2D eigenvalue weighted by atomic mass is 9.96. The molecule has 17 unspecified atom stereocenters. The highest BCUT2D eigenvalue weighted by molar-refractivity contribution is 5.76. The van der Waals surface area contributed by atoms with Crippen molar-refractivity contribution in [1.82, 2.24) is 5.32 Å². The van der Waals surface area contributed by atoms with Crippen LogP contribution in [0.2, 0.25) is 0 Å². The van der Waals surface area contributed by atoms with Gasteiger partial charge in [0.1, 0.15) is 73.2 Å². The van der Waals surface area contributed by atoms with Gasteiger partial charge in [0.05, 0.1) is 38.6 Å². The van der Waals surface area contributed by atoms with Gasteiger partial charge in [-0.1, -0.05) is 299 Å². The Morgan fingerprint density at radius 3 is 1.10 bits per heavy atom. The normalized spacial score (nSPS) is 27.1. The Bertz CT molecular complexity index is 2010. The Morgan fingerprint density at radius 2 is 0.704 bits per heavy atom. The van der Waals surface area contributed by atoms with Crippen molar-refractivity contribution in [3.8, 4) is 0 Å². The van der Waals surface area contributed by atoms with Crippen molar-refractivity contribution in [2.45, 2.75) is 407 Å². The average Bonchev–Trinajstić information content (AvgIpc) is 0.784. The molecule has 19 heteroatoms. The molecular weight excluding hydrogens is 1250 g/mol. The first-order valence-electron chi connectivity index (χ1n) is 39.5. The Hall–Kier alpha value is -2.51. The first-order valence-corrected chi connectivity index (χ1v) is 39.5. The molecule has 3 heterocycles. The maximum Gasteiger partial charge on any atom is 0.220 e. The fraction of sp³-hybridized carbons (Fsp3) is 0.861. The quantitative estimate of drug-likeness (QED) is 0.0199. The maximum atomic E-state index is 13.4. The number of carbonyl (C=O) groups excluding carboxylic acids is 1. The Kier molecular flexibility index (Phi) is 54.8. The van der Waals surface area contributed by atoms with Gasteiger partial charge in [-0.05, 0) is 57.8 Å². The topological polar surface area (TPSA) is 307 Å². The number of ether oxygens (including phenoxy) is 6. The largest absolute Gasteiger partial charge is 0.394 e. The van der Waals surface area contributed by atoms with Crippen LogP contribution in [0.15, 0.2) is 60.8 Å². The summed E-state index contributed by atoms with van der Waals surface area (Å²) in [5.74, 6) is -0.282. The highest BCUT2D eigenvalue weighted by Gasteiger charge is 2.53. The molecule has 0 spiro atoms. The predicted molar refractivity (Wildman–Crippen MR) is 388 cm³/mol. The van der Waals surface area contributed by atoms with Gasteiger partial charge >= 0.3 is 0 Å². The van der Waals surface area contributed by atoms with Crippen LogP contribution in [0.5, 0.6) is 0 Å². The molecular formula is C79H143NO18. The van der Waals surface area contributed by atoms with Crippen LogP contribution in [0.1, 0.15) is 303 Å². The molecule has 0 radical (unpaired) electrons. The summed E-state index contributed by atoms with van der Waals surface area (Å²) in [5.41, 5.74) is 0. The van der Waals surface area contributed by atoms with Gasteiger partial charge in [-0.25, -0.2) is 0 Å². The van der Waals surface area contributed by atoms with Gasteiger partial charge in [-0.2, -0.15) is 0 Å². The van der Waals surface area contributed by atoms with Crippen LogP contribution in [0.4, 0.5) is 0 Å². The van der Waals surface area contributed by atoms with Crippen molar-refractivity contribution in [2.75, 3.05) is 26.4 Å². The molecule has 0 aromatic rings. The standard InChI is InChI=1S/C79H143NO18/c1-3-5-7-9-11-13-15-17-19-21-23-25-26-27-28-29-30-31-32-33-34-35-37-38-40-42-44-46-48-50-52-54-56-63(84)62(80-67(85)57-55-53-51-49-47-45-43-41-39-36-24-22-20-18-16-14-12-10-8-6-4-2)61-93-77-73(91)70(88)75(65(59-82)95-77)98-79-74(92)71(89)76(66(60-83)96-79)97-78-72(90)69(87)68(86)64(58-81)94-78/h6,8,12,14,18,20,24,36,54,56,62-66,68-79,81-84,86-92H,3-5,7,9-11,13,15-17,19,21-23,25-35,37-53,55,57-61H2,1-2H3,(H,80,85)/b8-6-,14-12-,20-18-,36-24-,56-54+. The van der Waals surface area contributed by atoms with Crippen LogP contribution in [0, 0.1) is 0 Å². The Balaban J connectivity index is 1.38. The van der Waals surface area contributed by atoms with Crippen LogP contribution >= 0.6 is 0 Å². The molecule has 1 amide bonds. The van der Waals surface area contributed by atoms with Crippen molar-refractivity contribution in [1.29, 1.82) is 0 Å². The van der Waals surface area contributed by atoms with E-state index in [4.69, 9.17) is 28.4 Å². The third-order valence-electron chi connectivity index (χ3n) is 19.6. The van der Waals surface area contributed by atoms with Crippen molar-refractivity contribution in [2.24, 2.45) is 0 Å². The number of carbonyl (C=O) groups is 1. The van der Waals surface area contributed by atoms with E-state index in [-0.39, 0.29) is 18.9 Å². The summed E-state index contributed by atoms with van der Waals surface area (Å²) in [6.45, 7) is 1.65. The highest BCUT2D eigenvalue weighted by atomic mass is 16.8. The van der Waals surface area contributed by atoms with E-state index in [0.717, 1.165) is 83.5 Å². The summed E-state index contributed by atoms with van der Waals surface area (Å²) in [7, 11) is 0. The zero-order valence-corrected chi connectivity index (χ0v) is 61.0. The van der Waals surface area contributed by atoms with E-state index in [1.165, 1.54) is 193 Å². The van der Waals surface area contributed by atoms with Crippen LogP contribution in [0.3, 0.4) is 0 Å². The first kappa shape index (κ1) is 89.7. The zero-order valence-electron chi connectivity index (χ0n) is 61.0. The van der Waals surface area contributed by atoms with Gasteiger partial charge in [0.15, 0.2) is 18.9 Å². The van der Waals surface area contributed by atoms with Crippen LogP contribution in [0.25, 0.3) is 0 Å². The predicted octanol–water partition coefficient (Wildman–Crippen LogP) is 12.7. The van der Waals surface area contributed by atoms with Gasteiger partial charge < -0.3 is 89.9 Å². The fourth-order valence-corrected chi connectivity index (χ4v) is 13.2. The molecule has 0 bridgehead atoms. The second-order valence-electron chi connectivity index (χ2n) is 28.1. The molecule has 3 saturated heterocycles. The van der Waals surface area contributed by atoms with Crippen molar-refractivity contribution in [3.63, 3.8) is 0 Å². The number of aliphatic hydroxyl groups excluding tert-OH is 11. The Labute approximate surface area is 592 Å². The number of rotatable bonds is 62. The molecule has 19 nitrogen and oxygen atoms in total. The molecule has 3 rings (SSSR count). The molecule has 572 valence electrons. The number of hydrogen-bond acceptors (Lipinski definition) is 18. The van der Waals surface area contributed by atoms with Crippen LogP contribution in [-0.2, 0) is 33.2 Å². The number of aliphatic hydroxyl groups is 11. The van der Waals surface area contributed by atoms with Gasteiger partial charge in [0.2, 0.25) is 5.91 Å². The van der Waals surface area contributed by atoms with E-state index in [0.29, 0.717) is 6.42 Å². The van der Waals surface area contributed by atoms with Crippen LogP contribution < -0.4 is 5.32 Å². The minimum atomic E-state index is -1.98. The number of hydrogen-bond donors (Lipinski definition) is 12. The minimum Gasteiger partial charge on any atom is -0.394 e. The molecule has 17 atom stereocenters. The maximum absolute atomic E-state index is 13.4. The monoisotopic (exact) mass is 1390 g/mol.